The van der Waals surface area contributed by atoms with Crippen molar-refractivity contribution in [2.45, 2.75) is 13.5 Å². The second-order valence-electron chi connectivity index (χ2n) is 5.02. The molecule has 25 heavy (non-hydrogen) atoms. The quantitative estimate of drug-likeness (QED) is 0.469. The molecule has 2 aromatic rings. The highest BCUT2D eigenvalue weighted by molar-refractivity contribution is 9.11. The van der Waals surface area contributed by atoms with Gasteiger partial charge in [0.25, 0.3) is 5.91 Å². The van der Waals surface area contributed by atoms with Crippen LogP contribution in [0.4, 0.5) is 10.5 Å². The Morgan fingerprint density at radius 1 is 1.24 bits per heavy atom. The maximum Gasteiger partial charge on any atom is 0.316 e. The van der Waals surface area contributed by atoms with Crippen molar-refractivity contribution in [2.24, 2.45) is 10.9 Å². The lowest BCUT2D eigenvalue weighted by Crippen LogP contribution is -2.26. The van der Waals surface area contributed by atoms with Gasteiger partial charge in [-0.25, -0.2) is 4.79 Å². The summed E-state index contributed by atoms with van der Waals surface area (Å²) in [5, 5.41) is 9.13. The van der Waals surface area contributed by atoms with Gasteiger partial charge in [-0.3, -0.25) is 4.79 Å². The molecule has 1 aromatic heterocycles. The lowest BCUT2D eigenvalue weighted by atomic mass is 10.2. The summed E-state index contributed by atoms with van der Waals surface area (Å²) in [6, 6.07) is 10.2. The average molecular weight is 425 g/mol. The van der Waals surface area contributed by atoms with Crippen molar-refractivity contribution >= 4 is 50.6 Å². The number of oxime groups is 1. The summed E-state index contributed by atoms with van der Waals surface area (Å²) in [7, 11) is 0. The molecule has 0 saturated heterocycles. The number of hydrogen-bond donors (Lipinski definition) is 3. The van der Waals surface area contributed by atoms with E-state index in [-0.39, 0.29) is 12.5 Å². The van der Waals surface area contributed by atoms with Crippen LogP contribution in [-0.4, -0.2) is 24.3 Å². The zero-order valence-electron chi connectivity index (χ0n) is 13.4. The van der Waals surface area contributed by atoms with Crippen LogP contribution in [0, 0.1) is 0 Å². The average Bonchev–Trinajstić information content (AvgIpc) is 3.00. The lowest BCUT2D eigenvalue weighted by Gasteiger charge is -2.06. The minimum atomic E-state index is -0.621. The third-order valence-corrected chi connectivity index (χ3v) is 4.77. The van der Waals surface area contributed by atoms with Crippen LogP contribution in [0.2, 0.25) is 0 Å². The number of carbonyl (C=O) groups is 2. The Kier molecular flexibility index (Phi) is 6.96. The molecule has 0 radical (unpaired) electrons. The number of amides is 3. The molecular weight excluding hydrogens is 408 g/mol. The van der Waals surface area contributed by atoms with Crippen molar-refractivity contribution in [3.63, 3.8) is 0 Å². The van der Waals surface area contributed by atoms with E-state index in [2.05, 4.69) is 31.7 Å². The molecular formula is C16H17BrN4O3S. The van der Waals surface area contributed by atoms with Gasteiger partial charge < -0.3 is 21.2 Å². The Balaban J connectivity index is 1.74. The highest BCUT2D eigenvalue weighted by Crippen LogP contribution is 2.22. The number of urea groups is 1. The third kappa shape index (κ3) is 6.55. The SMILES string of the molecule is C/C(=N\OCC(=O)NCc1ccc(NC(N)=O)cc1)c1ccc(Br)s1. The molecule has 0 aliphatic heterocycles. The van der Waals surface area contributed by atoms with Crippen LogP contribution in [0.25, 0.3) is 0 Å². The summed E-state index contributed by atoms with van der Waals surface area (Å²) < 4.78 is 1.01. The van der Waals surface area contributed by atoms with Gasteiger partial charge in [0, 0.05) is 12.2 Å². The van der Waals surface area contributed by atoms with Gasteiger partial charge in [-0.2, -0.15) is 0 Å². The van der Waals surface area contributed by atoms with Crippen molar-refractivity contribution in [3.05, 3.63) is 50.6 Å². The molecule has 0 aliphatic carbocycles. The molecule has 7 nitrogen and oxygen atoms in total. The number of nitrogens with zero attached hydrogens (tertiary/aromatic N) is 1. The number of rotatable bonds is 7. The Bertz CT molecular complexity index is 774. The van der Waals surface area contributed by atoms with Gasteiger partial charge in [0.05, 0.1) is 14.4 Å². The molecule has 9 heteroatoms. The molecule has 4 N–H and O–H groups in total. The zero-order chi connectivity index (χ0) is 18.2. The number of primary amides is 1. The predicted molar refractivity (Wildman–Crippen MR) is 102 cm³/mol. The molecule has 1 heterocycles. The molecule has 3 amide bonds. The first-order chi connectivity index (χ1) is 11.9. The second kappa shape index (κ2) is 9.19. The fourth-order valence-corrected chi connectivity index (χ4v) is 3.16. The lowest BCUT2D eigenvalue weighted by molar-refractivity contribution is -0.125. The standard InChI is InChI=1S/C16H17BrN4O3S/c1-10(13-6-7-14(17)25-13)21-24-9-15(22)19-8-11-2-4-12(5-3-11)20-16(18)23/h2-7H,8-9H2,1H3,(H,19,22)(H3,18,20,23)/b21-10+. The number of benzene rings is 1. The number of anilines is 1. The van der Waals surface area contributed by atoms with E-state index in [0.29, 0.717) is 17.9 Å². The minimum Gasteiger partial charge on any atom is -0.385 e. The second-order valence-corrected chi connectivity index (χ2v) is 7.48. The van der Waals surface area contributed by atoms with Crippen LogP contribution in [0.3, 0.4) is 0 Å². The van der Waals surface area contributed by atoms with E-state index in [0.717, 1.165) is 14.2 Å². The van der Waals surface area contributed by atoms with Crippen LogP contribution in [0.1, 0.15) is 17.4 Å². The van der Waals surface area contributed by atoms with Crippen LogP contribution in [0.15, 0.2) is 45.3 Å². The normalized spacial score (nSPS) is 11.0. The number of thiophene rings is 1. The molecule has 0 atom stereocenters. The van der Waals surface area contributed by atoms with Crippen LogP contribution < -0.4 is 16.4 Å². The first-order valence-electron chi connectivity index (χ1n) is 7.28. The Morgan fingerprint density at radius 3 is 2.56 bits per heavy atom. The topological polar surface area (TPSA) is 106 Å². The molecule has 0 saturated carbocycles. The van der Waals surface area contributed by atoms with E-state index >= 15 is 0 Å². The summed E-state index contributed by atoms with van der Waals surface area (Å²) in [5.41, 5.74) is 7.22. The van der Waals surface area contributed by atoms with Crippen molar-refractivity contribution in [2.75, 3.05) is 11.9 Å². The monoisotopic (exact) mass is 424 g/mol. The van der Waals surface area contributed by atoms with Gasteiger partial charge in [-0.15, -0.1) is 11.3 Å². The summed E-state index contributed by atoms with van der Waals surface area (Å²) in [6.07, 6.45) is 0. The highest BCUT2D eigenvalue weighted by atomic mass is 79.9. The van der Waals surface area contributed by atoms with E-state index in [4.69, 9.17) is 10.6 Å². The van der Waals surface area contributed by atoms with Gasteiger partial charge in [0.1, 0.15) is 0 Å². The van der Waals surface area contributed by atoms with E-state index < -0.39 is 6.03 Å². The Hall–Kier alpha value is -2.39. The summed E-state index contributed by atoms with van der Waals surface area (Å²) in [5.74, 6) is -0.275. The molecule has 0 unspecified atom stereocenters. The Morgan fingerprint density at radius 2 is 1.96 bits per heavy atom. The number of carbonyl (C=O) groups excluding carboxylic acids is 2. The minimum absolute atomic E-state index is 0.162. The van der Waals surface area contributed by atoms with Gasteiger partial charge in [-0.1, -0.05) is 17.3 Å². The largest absolute Gasteiger partial charge is 0.385 e. The first kappa shape index (κ1) is 18.9. The van der Waals surface area contributed by atoms with Gasteiger partial charge >= 0.3 is 6.03 Å². The van der Waals surface area contributed by atoms with Crippen molar-refractivity contribution in [3.8, 4) is 0 Å². The fraction of sp³-hybridized carbons (Fsp3) is 0.188. The molecule has 0 fully saturated rings. The van der Waals surface area contributed by atoms with Crippen LogP contribution in [-0.2, 0) is 16.2 Å². The van der Waals surface area contributed by atoms with Crippen LogP contribution in [0.5, 0.6) is 0 Å². The molecule has 132 valence electrons. The third-order valence-electron chi connectivity index (χ3n) is 3.04. The number of nitrogens with two attached hydrogens (primary N) is 1. The zero-order valence-corrected chi connectivity index (χ0v) is 15.8. The van der Waals surface area contributed by atoms with Crippen molar-refractivity contribution in [1.29, 1.82) is 0 Å². The Labute approximate surface area is 157 Å². The highest BCUT2D eigenvalue weighted by Gasteiger charge is 2.05. The van der Waals surface area contributed by atoms with Gasteiger partial charge in [0.15, 0.2) is 6.61 Å². The van der Waals surface area contributed by atoms with E-state index in [1.807, 2.05) is 19.1 Å². The van der Waals surface area contributed by atoms with E-state index in [9.17, 15) is 9.59 Å². The number of hydrogen-bond acceptors (Lipinski definition) is 5. The maximum atomic E-state index is 11.8. The van der Waals surface area contributed by atoms with Gasteiger partial charge in [0.2, 0.25) is 0 Å². The summed E-state index contributed by atoms with van der Waals surface area (Å²) >= 11 is 4.92. The molecule has 2 rings (SSSR count). The molecule has 1 aromatic carbocycles. The maximum absolute atomic E-state index is 11.8. The number of nitrogens with one attached hydrogen (secondary N) is 2. The first-order valence-corrected chi connectivity index (χ1v) is 8.89. The molecule has 0 aliphatic rings. The molecule has 0 bridgehead atoms. The summed E-state index contributed by atoms with van der Waals surface area (Å²) in [6.45, 7) is 2.00. The number of halogens is 1. The molecule has 0 spiro atoms. The van der Waals surface area contributed by atoms with Crippen molar-refractivity contribution < 1.29 is 14.4 Å². The van der Waals surface area contributed by atoms with Gasteiger partial charge in [-0.05, 0) is 52.7 Å². The van der Waals surface area contributed by atoms with Crippen LogP contribution >= 0.6 is 27.3 Å². The van der Waals surface area contributed by atoms with E-state index in [1.54, 1.807) is 24.3 Å². The fourth-order valence-electron chi connectivity index (χ4n) is 1.84. The van der Waals surface area contributed by atoms with E-state index in [1.165, 1.54) is 11.3 Å². The summed E-state index contributed by atoms with van der Waals surface area (Å²) in [4.78, 5) is 28.6. The smallest absolute Gasteiger partial charge is 0.316 e. The predicted octanol–water partition coefficient (Wildman–Crippen LogP) is 3.06. The van der Waals surface area contributed by atoms with Crippen molar-refractivity contribution in [1.82, 2.24) is 5.32 Å².